The monoisotopic (exact) mass is 762 g/mol. The first-order valence-electron chi connectivity index (χ1n) is 14.5. The lowest BCUT2D eigenvalue weighted by atomic mass is 10.2. The summed E-state index contributed by atoms with van der Waals surface area (Å²) in [6.07, 6.45) is 0. The van der Waals surface area contributed by atoms with Crippen molar-refractivity contribution in [1.82, 2.24) is 12.9 Å². The van der Waals surface area contributed by atoms with Gasteiger partial charge in [-0.25, -0.2) is 25.3 Å². The van der Waals surface area contributed by atoms with Crippen molar-refractivity contribution in [1.29, 1.82) is 0 Å². The highest BCUT2D eigenvalue weighted by atomic mass is 32.2. The first kappa shape index (κ1) is 38.6. The standard InChI is InChI=1S/C30H30N6O12S3/c1-22-16-31(49(43,44)28-10-4-25(5-11-28)34(37)38)18-23(2)20-33(51(47,48)30-14-8-27(9-15-30)36(41)42)21-24(3)19-32(17-22)50(45,46)29-12-6-26(7-13-29)35(39)40/h4-15H,1-3,16-21H2. The second-order valence-electron chi connectivity index (χ2n) is 11.3. The molecule has 0 saturated carbocycles. The molecule has 1 saturated heterocycles. The number of sulfonamides is 3. The zero-order valence-corrected chi connectivity index (χ0v) is 29.0. The van der Waals surface area contributed by atoms with E-state index in [2.05, 4.69) is 19.7 Å². The fraction of sp³-hybridized carbons (Fsp3) is 0.200. The van der Waals surface area contributed by atoms with Gasteiger partial charge in [-0.1, -0.05) is 19.7 Å². The highest BCUT2D eigenvalue weighted by molar-refractivity contribution is 7.89. The molecule has 0 spiro atoms. The fourth-order valence-corrected chi connectivity index (χ4v) is 9.44. The normalized spacial score (nSPS) is 16.6. The molecule has 1 fully saturated rings. The number of nitro benzene ring substituents is 3. The van der Waals surface area contributed by atoms with Gasteiger partial charge >= 0.3 is 0 Å². The van der Waals surface area contributed by atoms with Crippen LogP contribution in [0.3, 0.4) is 0 Å². The predicted octanol–water partition coefficient (Wildman–Crippen LogP) is 3.47. The Labute approximate surface area is 292 Å². The van der Waals surface area contributed by atoms with Crippen LogP contribution in [0.2, 0.25) is 0 Å². The van der Waals surface area contributed by atoms with Gasteiger partial charge in [0, 0.05) is 75.7 Å². The van der Waals surface area contributed by atoms with E-state index in [1.54, 1.807) is 0 Å². The maximum absolute atomic E-state index is 13.9. The Morgan fingerprint density at radius 1 is 0.412 bits per heavy atom. The highest BCUT2D eigenvalue weighted by Gasteiger charge is 2.34. The summed E-state index contributed by atoms with van der Waals surface area (Å²) in [5, 5.41) is 33.5. The molecule has 0 unspecified atom stereocenters. The van der Waals surface area contributed by atoms with Crippen LogP contribution in [0.1, 0.15) is 0 Å². The van der Waals surface area contributed by atoms with Gasteiger partial charge in [0.2, 0.25) is 30.1 Å². The first-order valence-corrected chi connectivity index (χ1v) is 18.8. The number of hydrogen-bond acceptors (Lipinski definition) is 12. The minimum Gasteiger partial charge on any atom is -0.258 e. The maximum atomic E-state index is 13.9. The van der Waals surface area contributed by atoms with Crippen molar-refractivity contribution in [2.45, 2.75) is 14.7 Å². The summed E-state index contributed by atoms with van der Waals surface area (Å²) in [7, 11) is -13.5. The summed E-state index contributed by atoms with van der Waals surface area (Å²) in [4.78, 5) is 30.2. The van der Waals surface area contributed by atoms with Gasteiger partial charge in [-0.3, -0.25) is 30.3 Å². The smallest absolute Gasteiger partial charge is 0.258 e. The molecule has 0 aromatic heterocycles. The van der Waals surface area contributed by atoms with Crippen molar-refractivity contribution in [2.75, 3.05) is 39.3 Å². The molecule has 0 amide bonds. The third kappa shape index (κ3) is 8.76. The molecule has 3 aromatic carbocycles. The average Bonchev–Trinajstić information content (AvgIpc) is 3.06. The van der Waals surface area contributed by atoms with Gasteiger partial charge in [0.05, 0.1) is 29.5 Å². The summed E-state index contributed by atoms with van der Waals surface area (Å²) < 4.78 is 85.9. The molecule has 0 atom stereocenters. The molecule has 1 heterocycles. The molecule has 3 aromatic rings. The van der Waals surface area contributed by atoms with Crippen LogP contribution in [-0.2, 0) is 30.1 Å². The van der Waals surface area contributed by atoms with Gasteiger partial charge in [-0.15, -0.1) is 0 Å². The third-order valence-electron chi connectivity index (χ3n) is 7.46. The predicted molar refractivity (Wildman–Crippen MR) is 183 cm³/mol. The van der Waals surface area contributed by atoms with E-state index in [1.165, 1.54) is 0 Å². The van der Waals surface area contributed by atoms with E-state index in [9.17, 15) is 55.6 Å². The van der Waals surface area contributed by atoms with Gasteiger partial charge in [-0.2, -0.15) is 12.9 Å². The summed E-state index contributed by atoms with van der Waals surface area (Å²) in [5.74, 6) is 0. The quantitative estimate of drug-likeness (QED) is 0.173. The maximum Gasteiger partial charge on any atom is 0.269 e. The second kappa shape index (κ2) is 15.0. The van der Waals surface area contributed by atoms with Crippen molar-refractivity contribution in [3.8, 4) is 0 Å². The van der Waals surface area contributed by atoms with E-state index in [-0.39, 0.29) is 48.5 Å². The lowest BCUT2D eigenvalue weighted by Gasteiger charge is -2.31. The van der Waals surface area contributed by atoms with Crippen LogP contribution >= 0.6 is 0 Å². The van der Waals surface area contributed by atoms with Crippen molar-refractivity contribution in [3.05, 3.63) is 140 Å². The van der Waals surface area contributed by atoms with E-state index >= 15 is 0 Å². The molecule has 18 nitrogen and oxygen atoms in total. The Morgan fingerprint density at radius 3 is 0.745 bits per heavy atom. The van der Waals surface area contributed by atoms with Crippen LogP contribution in [-0.4, -0.2) is 92.2 Å². The molecule has 4 rings (SSSR count). The molecule has 0 radical (unpaired) electrons. The van der Waals surface area contributed by atoms with E-state index in [0.29, 0.717) is 0 Å². The van der Waals surface area contributed by atoms with Gasteiger partial charge in [0.1, 0.15) is 0 Å². The minimum atomic E-state index is -4.50. The number of hydrogen-bond donors (Lipinski definition) is 0. The van der Waals surface area contributed by atoms with Crippen LogP contribution in [0, 0.1) is 30.3 Å². The molecule has 51 heavy (non-hydrogen) atoms. The van der Waals surface area contributed by atoms with Crippen molar-refractivity contribution in [2.24, 2.45) is 0 Å². The van der Waals surface area contributed by atoms with Crippen LogP contribution in [0.5, 0.6) is 0 Å². The Hall–Kier alpha value is -5.19. The lowest BCUT2D eigenvalue weighted by Crippen LogP contribution is -2.43. The SMILES string of the molecule is C=C1CN(S(=O)(=O)c2ccc([N+](=O)[O-])cc2)CC(=C)CN(S(=O)(=O)c2ccc([N+](=O)[O-])cc2)CC(=C)CN(S(=O)(=O)c2ccc([N+](=O)[O-])cc2)C1. The van der Waals surface area contributed by atoms with Gasteiger partial charge < -0.3 is 0 Å². The van der Waals surface area contributed by atoms with Crippen LogP contribution in [0.25, 0.3) is 0 Å². The lowest BCUT2D eigenvalue weighted by molar-refractivity contribution is -0.385. The van der Waals surface area contributed by atoms with Gasteiger partial charge in [0.25, 0.3) is 17.1 Å². The fourth-order valence-electron chi connectivity index (χ4n) is 4.99. The molecule has 0 bridgehead atoms. The topological polar surface area (TPSA) is 242 Å². The number of nitro groups is 3. The van der Waals surface area contributed by atoms with E-state index < -0.39 is 84.1 Å². The number of non-ortho nitro benzene ring substituents is 3. The van der Waals surface area contributed by atoms with Crippen molar-refractivity contribution in [3.63, 3.8) is 0 Å². The summed E-state index contributed by atoms with van der Waals surface area (Å²) >= 11 is 0. The molecule has 1 aliphatic rings. The Balaban J connectivity index is 1.80. The van der Waals surface area contributed by atoms with E-state index in [4.69, 9.17) is 0 Å². The summed E-state index contributed by atoms with van der Waals surface area (Å²) in [5.41, 5.74) is -0.963. The van der Waals surface area contributed by atoms with E-state index in [1.807, 2.05) is 0 Å². The first-order chi connectivity index (χ1) is 23.7. The molecule has 270 valence electrons. The summed E-state index contributed by atoms with van der Waals surface area (Å²) in [6.45, 7) is 8.63. The zero-order valence-electron chi connectivity index (χ0n) is 26.6. The Bertz CT molecular complexity index is 1960. The molecular weight excluding hydrogens is 733 g/mol. The molecule has 0 aliphatic carbocycles. The average molecular weight is 763 g/mol. The van der Waals surface area contributed by atoms with E-state index in [0.717, 1.165) is 85.7 Å². The minimum absolute atomic E-state index is 0.0579. The van der Waals surface area contributed by atoms with Crippen molar-refractivity contribution >= 4 is 47.1 Å². The Kier molecular flexibility index (Phi) is 11.3. The second-order valence-corrected chi connectivity index (χ2v) is 17.1. The van der Waals surface area contributed by atoms with Crippen LogP contribution < -0.4 is 0 Å². The Morgan fingerprint density at radius 2 is 0.588 bits per heavy atom. The highest BCUT2D eigenvalue weighted by Crippen LogP contribution is 2.27. The zero-order chi connectivity index (χ0) is 37.9. The summed E-state index contributed by atoms with van der Waals surface area (Å²) in [6, 6.07) is 11.9. The molecule has 1 aliphatic heterocycles. The largest absolute Gasteiger partial charge is 0.269 e. The number of nitrogens with zero attached hydrogens (tertiary/aromatic N) is 6. The molecule has 21 heteroatoms. The van der Waals surface area contributed by atoms with Crippen LogP contribution in [0.4, 0.5) is 17.1 Å². The molecular formula is C30H30N6O12S3. The molecule has 0 N–H and O–H groups in total. The van der Waals surface area contributed by atoms with Gasteiger partial charge in [-0.05, 0) is 53.1 Å². The number of benzene rings is 3. The number of rotatable bonds is 9. The van der Waals surface area contributed by atoms with Gasteiger partial charge in [0.15, 0.2) is 0 Å². The third-order valence-corrected chi connectivity index (χ3v) is 12.9. The van der Waals surface area contributed by atoms with Crippen LogP contribution in [0.15, 0.2) is 124 Å². The van der Waals surface area contributed by atoms with Crippen molar-refractivity contribution < 1.29 is 40.0 Å².